The van der Waals surface area contributed by atoms with Crippen LogP contribution in [0.1, 0.15) is 25.8 Å². The molecule has 0 bridgehead atoms. The molecule has 0 aliphatic rings. The zero-order chi connectivity index (χ0) is 22.4. The van der Waals surface area contributed by atoms with Gasteiger partial charge in [-0.05, 0) is 44.2 Å². The van der Waals surface area contributed by atoms with Crippen LogP contribution in [0.25, 0.3) is 0 Å². The Morgan fingerprint density at radius 2 is 2.03 bits per heavy atom. The van der Waals surface area contributed by atoms with Crippen molar-refractivity contribution in [3.05, 3.63) is 70.3 Å². The molecular formula is C20H20FN5O4S. The number of nitro benzene ring substituents is 1. The van der Waals surface area contributed by atoms with Crippen molar-refractivity contribution in [3.63, 3.8) is 0 Å². The quantitative estimate of drug-likeness (QED) is 0.298. The third kappa shape index (κ3) is 5.79. The molecule has 1 aromatic heterocycles. The van der Waals surface area contributed by atoms with Crippen molar-refractivity contribution in [2.24, 2.45) is 0 Å². The van der Waals surface area contributed by atoms with E-state index in [4.69, 9.17) is 4.74 Å². The number of nitrogens with zero attached hydrogens (tertiary/aromatic N) is 4. The molecular weight excluding hydrogens is 425 g/mol. The van der Waals surface area contributed by atoms with Gasteiger partial charge in [0.2, 0.25) is 5.91 Å². The van der Waals surface area contributed by atoms with Gasteiger partial charge in [0.15, 0.2) is 17.1 Å². The average molecular weight is 445 g/mol. The molecule has 11 heteroatoms. The summed E-state index contributed by atoms with van der Waals surface area (Å²) in [5.41, 5.74) is 0.245. The first-order valence-corrected chi connectivity index (χ1v) is 10.4. The summed E-state index contributed by atoms with van der Waals surface area (Å²) in [5, 5.41) is 22.4. The number of hydrogen-bond acceptors (Lipinski definition) is 7. The number of hydrogen-bond donors (Lipinski definition) is 1. The van der Waals surface area contributed by atoms with Crippen LogP contribution < -0.4 is 10.1 Å². The Balaban J connectivity index is 1.62. The normalized spacial score (nSPS) is 11.7. The van der Waals surface area contributed by atoms with Crippen LogP contribution >= 0.6 is 11.8 Å². The maximum absolute atomic E-state index is 13.1. The number of rotatable bonds is 9. The summed E-state index contributed by atoms with van der Waals surface area (Å²) in [6.07, 6.45) is -0.439. The first-order valence-electron chi connectivity index (χ1n) is 9.39. The predicted octanol–water partition coefficient (Wildman–Crippen LogP) is 4.22. The van der Waals surface area contributed by atoms with Gasteiger partial charge in [0.25, 0.3) is 5.69 Å². The van der Waals surface area contributed by atoms with E-state index in [1.807, 2.05) is 18.4 Å². The van der Waals surface area contributed by atoms with E-state index in [1.165, 1.54) is 54.2 Å². The van der Waals surface area contributed by atoms with Gasteiger partial charge in [0.05, 0.1) is 10.7 Å². The van der Waals surface area contributed by atoms with E-state index >= 15 is 0 Å². The van der Waals surface area contributed by atoms with Gasteiger partial charge in [-0.1, -0.05) is 17.8 Å². The molecule has 3 rings (SSSR count). The molecule has 0 saturated carbocycles. The number of nitro groups is 1. The van der Waals surface area contributed by atoms with Crippen LogP contribution in [0, 0.1) is 15.9 Å². The van der Waals surface area contributed by atoms with E-state index in [-0.39, 0.29) is 23.2 Å². The minimum atomic E-state index is -0.523. The van der Waals surface area contributed by atoms with Crippen molar-refractivity contribution in [2.75, 3.05) is 11.1 Å². The van der Waals surface area contributed by atoms with Gasteiger partial charge in [0.1, 0.15) is 11.6 Å². The second kappa shape index (κ2) is 10.0. The monoisotopic (exact) mass is 445 g/mol. The number of aromatic nitrogens is 3. The summed E-state index contributed by atoms with van der Waals surface area (Å²) >= 11 is 1.19. The highest BCUT2D eigenvalue weighted by atomic mass is 32.2. The summed E-state index contributed by atoms with van der Waals surface area (Å²) < 4.78 is 20.7. The molecule has 9 nitrogen and oxygen atoms in total. The molecule has 0 saturated heterocycles. The third-order valence-corrected chi connectivity index (χ3v) is 5.19. The molecule has 1 N–H and O–H groups in total. The topological polar surface area (TPSA) is 112 Å². The Bertz CT molecular complexity index is 1070. The molecule has 2 aromatic carbocycles. The highest BCUT2D eigenvalue weighted by molar-refractivity contribution is 7.99. The second-order valence-corrected chi connectivity index (χ2v) is 7.39. The number of thioether (sulfide) groups is 1. The maximum Gasteiger partial charge on any atom is 0.271 e. The lowest BCUT2D eigenvalue weighted by atomic mass is 10.3. The minimum Gasteiger partial charge on any atom is -0.483 e. The van der Waals surface area contributed by atoms with Crippen LogP contribution in [0.3, 0.4) is 0 Å². The summed E-state index contributed by atoms with van der Waals surface area (Å²) in [7, 11) is 0. The Hall–Kier alpha value is -3.47. The zero-order valence-corrected chi connectivity index (χ0v) is 17.6. The molecule has 162 valence electrons. The number of nitrogens with one attached hydrogen (secondary N) is 1. The van der Waals surface area contributed by atoms with Crippen LogP contribution in [0.4, 0.5) is 15.8 Å². The Labute approximate surface area is 181 Å². The van der Waals surface area contributed by atoms with Crippen LogP contribution in [0.5, 0.6) is 5.75 Å². The molecule has 1 unspecified atom stereocenters. The van der Waals surface area contributed by atoms with Crippen molar-refractivity contribution in [1.82, 2.24) is 14.8 Å². The fourth-order valence-electron chi connectivity index (χ4n) is 2.80. The minimum absolute atomic E-state index is 0.0496. The van der Waals surface area contributed by atoms with Gasteiger partial charge in [0, 0.05) is 24.4 Å². The van der Waals surface area contributed by atoms with Gasteiger partial charge in [-0.15, -0.1) is 10.2 Å². The fourth-order valence-corrected chi connectivity index (χ4v) is 3.61. The van der Waals surface area contributed by atoms with E-state index < -0.39 is 11.0 Å². The number of halogens is 1. The molecule has 0 aliphatic heterocycles. The van der Waals surface area contributed by atoms with Crippen molar-refractivity contribution in [3.8, 4) is 5.75 Å². The van der Waals surface area contributed by atoms with Crippen LogP contribution in [0.2, 0.25) is 0 Å². The Morgan fingerprint density at radius 3 is 2.71 bits per heavy atom. The van der Waals surface area contributed by atoms with Crippen LogP contribution in [0.15, 0.2) is 53.7 Å². The number of anilines is 1. The van der Waals surface area contributed by atoms with Crippen molar-refractivity contribution in [2.45, 2.75) is 31.7 Å². The van der Waals surface area contributed by atoms with Crippen molar-refractivity contribution in [1.29, 1.82) is 0 Å². The number of carbonyl (C=O) groups is 1. The maximum atomic E-state index is 13.1. The number of carbonyl (C=O) groups excluding carboxylic acids is 1. The summed E-state index contributed by atoms with van der Waals surface area (Å²) in [5.74, 6) is 0.458. The molecule has 0 radical (unpaired) electrons. The number of non-ortho nitro benzene ring substituents is 1. The molecule has 1 heterocycles. The predicted molar refractivity (Wildman–Crippen MR) is 114 cm³/mol. The summed E-state index contributed by atoms with van der Waals surface area (Å²) in [6, 6.07) is 11.4. The van der Waals surface area contributed by atoms with E-state index in [2.05, 4.69) is 15.5 Å². The summed E-state index contributed by atoms with van der Waals surface area (Å²) in [4.78, 5) is 22.6. The SMILES string of the molecule is CCn1c(SCC(=O)Nc2cccc([N+](=O)[O-])c2)nnc1C(C)Oc1ccc(F)cc1. The first-order chi connectivity index (χ1) is 14.9. The molecule has 0 spiro atoms. The largest absolute Gasteiger partial charge is 0.483 e. The average Bonchev–Trinajstić information content (AvgIpc) is 3.17. The molecule has 1 atom stereocenters. The lowest BCUT2D eigenvalue weighted by molar-refractivity contribution is -0.384. The van der Waals surface area contributed by atoms with E-state index in [0.29, 0.717) is 29.0 Å². The zero-order valence-electron chi connectivity index (χ0n) is 16.8. The second-order valence-electron chi connectivity index (χ2n) is 6.44. The number of amides is 1. The van der Waals surface area contributed by atoms with Crippen LogP contribution in [-0.2, 0) is 11.3 Å². The molecule has 31 heavy (non-hydrogen) atoms. The van der Waals surface area contributed by atoms with Gasteiger partial charge < -0.3 is 14.6 Å². The number of ether oxygens (including phenoxy) is 1. The van der Waals surface area contributed by atoms with Crippen molar-refractivity contribution >= 4 is 29.0 Å². The van der Waals surface area contributed by atoms with Gasteiger partial charge >= 0.3 is 0 Å². The van der Waals surface area contributed by atoms with Gasteiger partial charge in [-0.25, -0.2) is 4.39 Å². The lowest BCUT2D eigenvalue weighted by Gasteiger charge is -2.15. The summed E-state index contributed by atoms with van der Waals surface area (Å²) in [6.45, 7) is 4.29. The molecule has 1 amide bonds. The molecule has 0 fully saturated rings. The molecule has 0 aliphatic carbocycles. The Morgan fingerprint density at radius 1 is 1.29 bits per heavy atom. The Kier molecular flexibility index (Phi) is 7.19. The lowest BCUT2D eigenvalue weighted by Crippen LogP contribution is -2.15. The standard InChI is InChI=1S/C20H20FN5O4S/c1-3-25-19(13(2)30-17-9-7-14(21)8-10-17)23-24-20(25)31-12-18(27)22-15-5-4-6-16(11-15)26(28)29/h4-11,13H,3,12H2,1-2H3,(H,22,27). The van der Waals surface area contributed by atoms with E-state index in [1.54, 1.807) is 6.07 Å². The smallest absolute Gasteiger partial charge is 0.271 e. The highest BCUT2D eigenvalue weighted by Gasteiger charge is 2.19. The molecule has 3 aromatic rings. The van der Waals surface area contributed by atoms with Gasteiger partial charge in [-0.2, -0.15) is 0 Å². The van der Waals surface area contributed by atoms with E-state index in [0.717, 1.165) is 0 Å². The number of benzene rings is 2. The van der Waals surface area contributed by atoms with E-state index in [9.17, 15) is 19.3 Å². The first kappa shape index (κ1) is 22.2. The van der Waals surface area contributed by atoms with Gasteiger partial charge in [-0.3, -0.25) is 14.9 Å². The third-order valence-electron chi connectivity index (χ3n) is 4.22. The fraction of sp³-hybridized carbons (Fsp3) is 0.250. The van der Waals surface area contributed by atoms with Crippen molar-refractivity contribution < 1.29 is 18.8 Å². The van der Waals surface area contributed by atoms with Crippen LogP contribution in [-0.4, -0.2) is 31.3 Å². The highest BCUT2D eigenvalue weighted by Crippen LogP contribution is 2.25.